The minimum absolute atomic E-state index is 0.131. The van der Waals surface area contributed by atoms with Gasteiger partial charge in [0.2, 0.25) is 0 Å². The van der Waals surface area contributed by atoms with Gasteiger partial charge in [-0.3, -0.25) is 0 Å². The summed E-state index contributed by atoms with van der Waals surface area (Å²) in [4.78, 5) is 0. The van der Waals surface area contributed by atoms with Crippen molar-refractivity contribution in [2.45, 2.75) is 44.2 Å². The van der Waals surface area contributed by atoms with Crippen molar-refractivity contribution in [1.29, 1.82) is 0 Å². The van der Waals surface area contributed by atoms with Crippen LogP contribution in [0.1, 0.15) is 38.5 Å². The van der Waals surface area contributed by atoms with Crippen LogP contribution >= 0.6 is 0 Å². The Labute approximate surface area is 104 Å². The number of rotatable bonds is 6. The quantitative estimate of drug-likeness (QED) is 0.399. The molecule has 1 rings (SSSR count). The Morgan fingerprint density at radius 3 is 2.00 bits per heavy atom. The molecule has 0 radical (unpaired) electrons. The smallest absolute Gasteiger partial charge is 0.0698 e. The third kappa shape index (κ3) is 2.80. The molecule has 0 amide bonds. The molecule has 0 heterocycles. The van der Waals surface area contributed by atoms with E-state index < -0.39 is 5.66 Å². The molecule has 1 aliphatic carbocycles. The van der Waals surface area contributed by atoms with Crippen molar-refractivity contribution >= 4 is 0 Å². The van der Waals surface area contributed by atoms with Gasteiger partial charge in [0.25, 0.3) is 0 Å². The van der Waals surface area contributed by atoms with Crippen LogP contribution in [-0.4, -0.2) is 25.3 Å². The fraction of sp³-hybridized carbons (Fsp3) is 1.00. The summed E-state index contributed by atoms with van der Waals surface area (Å²) in [6.45, 7) is 1.89. The Balaban J connectivity index is 3.00. The van der Waals surface area contributed by atoms with Crippen molar-refractivity contribution in [3.05, 3.63) is 0 Å². The monoisotopic (exact) mass is 243 g/mol. The van der Waals surface area contributed by atoms with Crippen LogP contribution in [0.15, 0.2) is 0 Å². The van der Waals surface area contributed by atoms with Gasteiger partial charge in [0.1, 0.15) is 0 Å². The second-order valence-electron chi connectivity index (χ2n) is 5.44. The van der Waals surface area contributed by atoms with Crippen LogP contribution in [0.4, 0.5) is 0 Å². The Morgan fingerprint density at radius 1 is 0.941 bits per heavy atom. The SMILES string of the molecule is NCCC1CCCC(N)(N)C1(CCN)CCN. The van der Waals surface area contributed by atoms with Crippen LogP contribution in [0.2, 0.25) is 0 Å². The summed E-state index contributed by atoms with van der Waals surface area (Å²) in [6.07, 6.45) is 5.75. The second-order valence-corrected chi connectivity index (χ2v) is 5.44. The van der Waals surface area contributed by atoms with Gasteiger partial charge in [-0.25, -0.2) is 0 Å². The molecule has 1 unspecified atom stereocenters. The lowest BCUT2D eigenvalue weighted by atomic mass is 9.56. The zero-order chi connectivity index (χ0) is 12.9. The van der Waals surface area contributed by atoms with E-state index in [1.807, 2.05) is 0 Å². The van der Waals surface area contributed by atoms with Crippen LogP contribution in [0.25, 0.3) is 0 Å². The zero-order valence-electron chi connectivity index (χ0n) is 10.8. The molecule has 1 fully saturated rings. The molecule has 102 valence electrons. The average molecular weight is 243 g/mol. The largest absolute Gasteiger partial charge is 0.330 e. The van der Waals surface area contributed by atoms with Crippen molar-refractivity contribution < 1.29 is 0 Å². The standard InChI is InChI=1S/C12H29N5/c13-7-3-10-2-1-4-12(16,17)11(10,5-8-14)6-9-15/h10H,1-9,13-17H2. The topological polar surface area (TPSA) is 130 Å². The fourth-order valence-electron chi connectivity index (χ4n) is 3.68. The Hall–Kier alpha value is -0.200. The van der Waals surface area contributed by atoms with Crippen molar-refractivity contribution in [3.8, 4) is 0 Å². The fourth-order valence-corrected chi connectivity index (χ4v) is 3.68. The molecule has 1 atom stereocenters. The van der Waals surface area contributed by atoms with Crippen molar-refractivity contribution in [1.82, 2.24) is 0 Å². The summed E-state index contributed by atoms with van der Waals surface area (Å²) in [5.41, 5.74) is 29.2. The molecule has 10 N–H and O–H groups in total. The molecule has 0 spiro atoms. The van der Waals surface area contributed by atoms with Crippen LogP contribution in [0.3, 0.4) is 0 Å². The van der Waals surface area contributed by atoms with Gasteiger partial charge < -0.3 is 28.7 Å². The lowest BCUT2D eigenvalue weighted by Gasteiger charge is -2.55. The Morgan fingerprint density at radius 2 is 1.53 bits per heavy atom. The molecule has 0 aliphatic heterocycles. The zero-order valence-corrected chi connectivity index (χ0v) is 10.8. The maximum absolute atomic E-state index is 6.38. The number of nitrogens with two attached hydrogens (primary N) is 5. The first kappa shape index (κ1) is 14.9. The summed E-state index contributed by atoms with van der Waals surface area (Å²) in [5.74, 6) is 0.461. The van der Waals surface area contributed by atoms with E-state index in [1.54, 1.807) is 0 Å². The van der Waals surface area contributed by atoms with Crippen molar-refractivity contribution in [2.24, 2.45) is 40.0 Å². The molecule has 0 bridgehead atoms. The van der Waals surface area contributed by atoms with Crippen molar-refractivity contribution in [2.75, 3.05) is 19.6 Å². The molecule has 17 heavy (non-hydrogen) atoms. The second kappa shape index (κ2) is 6.11. The molecule has 1 aliphatic rings. The third-order valence-corrected chi connectivity index (χ3v) is 4.55. The molecule has 1 saturated carbocycles. The first-order valence-corrected chi connectivity index (χ1v) is 6.72. The van der Waals surface area contributed by atoms with Gasteiger partial charge in [-0.1, -0.05) is 0 Å². The van der Waals surface area contributed by atoms with E-state index >= 15 is 0 Å². The molecule has 0 aromatic heterocycles. The summed E-state index contributed by atoms with van der Waals surface area (Å²) in [6, 6.07) is 0. The molecule has 0 aromatic carbocycles. The lowest BCUT2D eigenvalue weighted by Crippen LogP contribution is -2.68. The predicted octanol–water partition coefficient (Wildman–Crippen LogP) is -0.567. The van der Waals surface area contributed by atoms with E-state index in [1.165, 1.54) is 0 Å². The minimum Gasteiger partial charge on any atom is -0.330 e. The van der Waals surface area contributed by atoms with Gasteiger partial charge in [0.05, 0.1) is 5.66 Å². The Bertz CT molecular complexity index is 221. The first-order chi connectivity index (χ1) is 8.04. The predicted molar refractivity (Wildman–Crippen MR) is 71.9 cm³/mol. The third-order valence-electron chi connectivity index (χ3n) is 4.55. The van der Waals surface area contributed by atoms with Gasteiger partial charge in [0, 0.05) is 5.41 Å². The Kier molecular flexibility index (Phi) is 5.34. The normalized spacial score (nSPS) is 27.0. The van der Waals surface area contributed by atoms with Gasteiger partial charge in [-0.15, -0.1) is 0 Å². The molecule has 0 saturated heterocycles. The summed E-state index contributed by atoms with van der Waals surface area (Å²) in [7, 11) is 0. The highest BCUT2D eigenvalue weighted by atomic mass is 15.0. The highest BCUT2D eigenvalue weighted by Gasteiger charge is 2.51. The van der Waals surface area contributed by atoms with Crippen LogP contribution < -0.4 is 28.7 Å². The van der Waals surface area contributed by atoms with Crippen LogP contribution in [-0.2, 0) is 0 Å². The summed E-state index contributed by atoms with van der Waals surface area (Å²) < 4.78 is 0. The van der Waals surface area contributed by atoms with E-state index in [2.05, 4.69) is 0 Å². The average Bonchev–Trinajstić information content (AvgIpc) is 2.25. The van der Waals surface area contributed by atoms with E-state index in [4.69, 9.17) is 28.7 Å². The van der Waals surface area contributed by atoms with E-state index in [-0.39, 0.29) is 5.41 Å². The van der Waals surface area contributed by atoms with Crippen LogP contribution in [0.5, 0.6) is 0 Å². The molecule has 5 nitrogen and oxygen atoms in total. The van der Waals surface area contributed by atoms with Crippen molar-refractivity contribution in [3.63, 3.8) is 0 Å². The molecule has 0 aromatic rings. The number of hydrogen-bond acceptors (Lipinski definition) is 5. The van der Waals surface area contributed by atoms with E-state index in [9.17, 15) is 0 Å². The highest BCUT2D eigenvalue weighted by Crippen LogP contribution is 2.50. The van der Waals surface area contributed by atoms with Gasteiger partial charge in [-0.05, 0) is 64.1 Å². The highest BCUT2D eigenvalue weighted by molar-refractivity contribution is 5.05. The first-order valence-electron chi connectivity index (χ1n) is 6.72. The van der Waals surface area contributed by atoms with Gasteiger partial charge in [0.15, 0.2) is 0 Å². The maximum Gasteiger partial charge on any atom is 0.0698 e. The maximum atomic E-state index is 6.38. The minimum atomic E-state index is -0.649. The van der Waals surface area contributed by atoms with Gasteiger partial charge >= 0.3 is 0 Å². The lowest BCUT2D eigenvalue weighted by molar-refractivity contribution is -0.0151. The van der Waals surface area contributed by atoms with E-state index in [0.717, 1.165) is 38.5 Å². The summed E-state index contributed by atoms with van der Waals surface area (Å²) in [5, 5.41) is 0. The molecule has 5 heteroatoms. The summed E-state index contributed by atoms with van der Waals surface area (Å²) >= 11 is 0. The van der Waals surface area contributed by atoms with Gasteiger partial charge in [-0.2, -0.15) is 0 Å². The molecular formula is C12H29N5. The number of hydrogen-bond donors (Lipinski definition) is 5. The van der Waals surface area contributed by atoms with E-state index in [0.29, 0.717) is 25.6 Å². The van der Waals surface area contributed by atoms with Crippen LogP contribution in [0, 0.1) is 11.3 Å². The molecular weight excluding hydrogens is 214 g/mol.